The Labute approximate surface area is 234 Å². The highest BCUT2D eigenvalue weighted by Gasteiger charge is 2.39. The number of nitrogens with zero attached hydrogens (tertiary/aromatic N) is 1. The summed E-state index contributed by atoms with van der Waals surface area (Å²) in [5.41, 5.74) is 0.570. The number of nitrogens with one attached hydrogen (secondary N) is 1. The van der Waals surface area contributed by atoms with Crippen LogP contribution in [0.25, 0.3) is 0 Å². The summed E-state index contributed by atoms with van der Waals surface area (Å²) in [6, 6.07) is 10.8. The molecule has 0 saturated heterocycles. The number of amides is 1. The summed E-state index contributed by atoms with van der Waals surface area (Å²) in [6.45, 7) is -0.00660. The lowest BCUT2D eigenvalue weighted by atomic mass is 10.0. The predicted molar refractivity (Wildman–Crippen MR) is 144 cm³/mol. The van der Waals surface area contributed by atoms with Crippen LogP contribution in [0.3, 0.4) is 0 Å². The highest BCUT2D eigenvalue weighted by molar-refractivity contribution is 6.30. The average Bonchev–Trinajstić information content (AvgIpc) is 3.36. The molecule has 3 aromatic carbocycles. The van der Waals surface area contributed by atoms with E-state index in [-0.39, 0.29) is 31.2 Å². The fourth-order valence-electron chi connectivity index (χ4n) is 4.57. The van der Waals surface area contributed by atoms with Crippen LogP contribution < -0.4 is 29.2 Å². The molecule has 1 unspecified atom stereocenters. The van der Waals surface area contributed by atoms with Crippen LogP contribution in [0.5, 0.6) is 23.0 Å². The van der Waals surface area contributed by atoms with Gasteiger partial charge in [-0.1, -0.05) is 17.7 Å². The molecule has 0 spiro atoms. The second-order valence-electron chi connectivity index (χ2n) is 8.85. The first-order valence-electron chi connectivity index (χ1n) is 12.2. The lowest BCUT2D eigenvalue weighted by Gasteiger charge is -2.28. The van der Waals surface area contributed by atoms with Gasteiger partial charge in [-0.25, -0.2) is 0 Å². The maximum absolute atomic E-state index is 14.2. The third kappa shape index (κ3) is 6.15. The van der Waals surface area contributed by atoms with E-state index in [1.54, 1.807) is 36.4 Å². The van der Waals surface area contributed by atoms with Crippen LogP contribution in [0.15, 0.2) is 48.5 Å². The number of hydrogen-bond donors (Lipinski definition) is 2. The first-order chi connectivity index (χ1) is 19.1. The van der Waals surface area contributed by atoms with E-state index in [2.05, 4.69) is 5.32 Å². The first-order valence-corrected chi connectivity index (χ1v) is 12.6. The SMILES string of the molecule is COc1cc(NC(C(=O)N2CCc3cc(OC)c(C(F)(F)F)cc32)c2ccc(Cl)cc2OC)cc(OCCO)c1. The number of anilines is 2. The minimum absolute atomic E-state index is 0.0372. The molecule has 0 radical (unpaired) electrons. The zero-order valence-electron chi connectivity index (χ0n) is 22.0. The van der Waals surface area contributed by atoms with Crippen LogP contribution >= 0.6 is 11.6 Å². The van der Waals surface area contributed by atoms with Crippen molar-refractivity contribution >= 4 is 28.9 Å². The molecule has 0 saturated carbocycles. The number of benzene rings is 3. The maximum atomic E-state index is 14.2. The van der Waals surface area contributed by atoms with Gasteiger partial charge in [0.15, 0.2) is 0 Å². The normalized spacial score (nSPS) is 13.4. The topological polar surface area (TPSA) is 89.5 Å². The van der Waals surface area contributed by atoms with E-state index in [4.69, 9.17) is 35.7 Å². The van der Waals surface area contributed by atoms with Crippen molar-refractivity contribution in [1.29, 1.82) is 0 Å². The van der Waals surface area contributed by atoms with Crippen LogP contribution in [0.1, 0.15) is 22.7 Å². The number of rotatable bonds is 10. The van der Waals surface area contributed by atoms with Crippen LogP contribution in [0.4, 0.5) is 24.5 Å². The number of aliphatic hydroxyl groups is 1. The number of hydrogen-bond acceptors (Lipinski definition) is 7. The third-order valence-electron chi connectivity index (χ3n) is 6.41. The highest BCUT2D eigenvalue weighted by Crippen LogP contribution is 2.43. The molecular formula is C28H28ClF3N2O6. The number of ether oxygens (including phenoxy) is 4. The zero-order chi connectivity index (χ0) is 29.0. The molecular weight excluding hydrogens is 553 g/mol. The summed E-state index contributed by atoms with van der Waals surface area (Å²) in [6.07, 6.45) is -4.33. The van der Waals surface area contributed by atoms with Gasteiger partial charge in [0, 0.05) is 46.7 Å². The van der Waals surface area contributed by atoms with Crippen molar-refractivity contribution in [2.45, 2.75) is 18.6 Å². The Kier molecular flexibility index (Phi) is 8.85. The Morgan fingerprint density at radius 1 is 1.02 bits per heavy atom. The Morgan fingerprint density at radius 3 is 2.40 bits per heavy atom. The van der Waals surface area contributed by atoms with E-state index in [0.717, 1.165) is 6.07 Å². The molecule has 1 heterocycles. The predicted octanol–water partition coefficient (Wildman–Crippen LogP) is 5.50. The zero-order valence-corrected chi connectivity index (χ0v) is 22.7. The summed E-state index contributed by atoms with van der Waals surface area (Å²) >= 11 is 6.16. The van der Waals surface area contributed by atoms with Gasteiger partial charge in [-0.05, 0) is 36.2 Å². The van der Waals surface area contributed by atoms with Crippen molar-refractivity contribution in [3.63, 3.8) is 0 Å². The second kappa shape index (κ2) is 12.1. The number of carbonyl (C=O) groups is 1. The maximum Gasteiger partial charge on any atom is 0.420 e. The number of halogens is 4. The molecule has 1 amide bonds. The highest BCUT2D eigenvalue weighted by atomic mass is 35.5. The van der Waals surface area contributed by atoms with Gasteiger partial charge in [-0.15, -0.1) is 0 Å². The van der Waals surface area contributed by atoms with Gasteiger partial charge in [0.2, 0.25) is 0 Å². The summed E-state index contributed by atoms with van der Waals surface area (Å²) in [7, 11) is 4.07. The van der Waals surface area contributed by atoms with Crippen molar-refractivity contribution < 1.29 is 42.0 Å². The quantitative estimate of drug-likeness (QED) is 0.327. The van der Waals surface area contributed by atoms with Gasteiger partial charge in [0.25, 0.3) is 5.91 Å². The van der Waals surface area contributed by atoms with E-state index in [1.807, 2.05) is 0 Å². The van der Waals surface area contributed by atoms with Crippen molar-refractivity contribution in [3.8, 4) is 23.0 Å². The molecule has 1 aliphatic heterocycles. The summed E-state index contributed by atoms with van der Waals surface area (Å²) in [5.74, 6) is 0.280. The summed E-state index contributed by atoms with van der Waals surface area (Å²) < 4.78 is 62.8. The molecule has 0 bridgehead atoms. The van der Waals surface area contributed by atoms with Crippen molar-refractivity contribution in [2.75, 3.05) is 51.3 Å². The monoisotopic (exact) mass is 580 g/mol. The van der Waals surface area contributed by atoms with Crippen LogP contribution in [-0.2, 0) is 17.4 Å². The molecule has 0 aliphatic carbocycles. The molecule has 12 heteroatoms. The average molecular weight is 581 g/mol. The minimum atomic E-state index is -4.68. The smallest absolute Gasteiger partial charge is 0.420 e. The third-order valence-corrected chi connectivity index (χ3v) is 6.64. The molecule has 8 nitrogen and oxygen atoms in total. The number of methoxy groups -OCH3 is 3. The fourth-order valence-corrected chi connectivity index (χ4v) is 4.73. The van der Waals surface area contributed by atoms with Crippen LogP contribution in [0.2, 0.25) is 5.02 Å². The lowest BCUT2D eigenvalue weighted by Crippen LogP contribution is -2.37. The van der Waals surface area contributed by atoms with Gasteiger partial charge in [0.05, 0.1) is 33.5 Å². The Balaban J connectivity index is 1.80. The van der Waals surface area contributed by atoms with Gasteiger partial charge >= 0.3 is 6.18 Å². The van der Waals surface area contributed by atoms with E-state index < -0.39 is 23.7 Å². The Bertz CT molecular complexity index is 1380. The summed E-state index contributed by atoms with van der Waals surface area (Å²) in [4.78, 5) is 15.5. The van der Waals surface area contributed by atoms with Gasteiger partial charge in [-0.3, -0.25) is 4.79 Å². The second-order valence-corrected chi connectivity index (χ2v) is 9.29. The van der Waals surface area contributed by atoms with Crippen molar-refractivity contribution in [1.82, 2.24) is 0 Å². The number of aliphatic hydroxyl groups excluding tert-OH is 1. The lowest BCUT2D eigenvalue weighted by molar-refractivity contribution is -0.138. The van der Waals surface area contributed by atoms with Crippen LogP contribution in [0, 0.1) is 0 Å². The van der Waals surface area contributed by atoms with Gasteiger partial charge in [-0.2, -0.15) is 13.2 Å². The Morgan fingerprint density at radius 2 is 1.75 bits per heavy atom. The molecule has 0 fully saturated rings. The Hall–Kier alpha value is -3.83. The fraction of sp³-hybridized carbons (Fsp3) is 0.321. The largest absolute Gasteiger partial charge is 0.497 e. The minimum Gasteiger partial charge on any atom is -0.497 e. The molecule has 0 aromatic heterocycles. The van der Waals surface area contributed by atoms with E-state index in [1.165, 1.54) is 32.3 Å². The molecule has 2 N–H and O–H groups in total. The molecule has 4 rings (SSSR count). The van der Waals surface area contributed by atoms with Crippen LogP contribution in [-0.4, -0.2) is 52.1 Å². The number of alkyl halides is 3. The van der Waals surface area contributed by atoms with Crippen molar-refractivity contribution in [3.05, 3.63) is 70.2 Å². The van der Waals surface area contributed by atoms with E-state index in [9.17, 15) is 18.0 Å². The van der Waals surface area contributed by atoms with Gasteiger partial charge in [0.1, 0.15) is 35.6 Å². The first kappa shape index (κ1) is 29.2. The summed E-state index contributed by atoms with van der Waals surface area (Å²) in [5, 5.41) is 12.7. The number of fused-ring (bicyclic) bond motifs is 1. The number of carbonyl (C=O) groups excluding carboxylic acids is 1. The molecule has 214 valence electrons. The van der Waals surface area contributed by atoms with E-state index in [0.29, 0.717) is 45.5 Å². The van der Waals surface area contributed by atoms with E-state index >= 15 is 0 Å². The molecule has 3 aromatic rings. The molecule has 1 aliphatic rings. The standard InChI is InChI=1S/C28H28ClF3N2O6/c1-37-19-12-18(13-20(14-19)40-9-8-35)33-26(21-5-4-17(29)11-24(21)38-2)27(36)34-7-6-16-10-25(39-3)22(15-23(16)34)28(30,31)32/h4-5,10-15,26,33,35H,6-9H2,1-3H3. The molecule has 1 atom stereocenters. The van der Waals surface area contributed by atoms with Gasteiger partial charge < -0.3 is 34.3 Å². The molecule has 40 heavy (non-hydrogen) atoms. The van der Waals surface area contributed by atoms with Crippen molar-refractivity contribution in [2.24, 2.45) is 0 Å².